The summed E-state index contributed by atoms with van der Waals surface area (Å²) in [6.45, 7) is 5.87. The molecule has 0 bridgehead atoms. The Morgan fingerprint density at radius 1 is 1.05 bits per heavy atom. The summed E-state index contributed by atoms with van der Waals surface area (Å²) in [6, 6.07) is 20.2. The molecule has 0 spiro atoms. The predicted octanol–water partition coefficient (Wildman–Crippen LogP) is 6.84. The van der Waals surface area contributed by atoms with Crippen molar-refractivity contribution in [3.05, 3.63) is 107 Å². The number of carbonyl (C=O) groups excluding carboxylic acids is 1. The van der Waals surface area contributed by atoms with Gasteiger partial charge in [-0.25, -0.2) is 9.37 Å². The number of benzene rings is 2. The highest BCUT2D eigenvalue weighted by Gasteiger charge is 2.22. The van der Waals surface area contributed by atoms with Gasteiger partial charge in [-0.05, 0) is 85.5 Å². The van der Waals surface area contributed by atoms with E-state index in [9.17, 15) is 10.1 Å². The Kier molecular flexibility index (Phi) is 8.04. The van der Waals surface area contributed by atoms with Crippen LogP contribution in [0.3, 0.4) is 0 Å². The Balaban J connectivity index is 1.38. The first-order valence-corrected chi connectivity index (χ1v) is 13.7. The smallest absolute Gasteiger partial charge is 0.274 e. The number of nitrogens with one attached hydrogen (secondary N) is 1. The molecule has 5 rings (SSSR count). The Labute approximate surface area is 249 Å². The number of anilines is 2. The summed E-state index contributed by atoms with van der Waals surface area (Å²) in [4.78, 5) is 28.5. The average molecular weight is 575 g/mol. The lowest BCUT2D eigenvalue weighted by Crippen LogP contribution is -2.18. The van der Waals surface area contributed by atoms with Gasteiger partial charge in [0.15, 0.2) is 0 Å². The molecule has 0 aliphatic heterocycles. The molecule has 3 heterocycles. The number of nitriles is 1. The number of hydrogen-bond donors (Lipinski definition) is 1. The van der Waals surface area contributed by atoms with Crippen molar-refractivity contribution in [3.8, 4) is 22.9 Å². The largest absolute Gasteiger partial charge is 0.497 e. The molecule has 0 aliphatic carbocycles. The van der Waals surface area contributed by atoms with E-state index in [1.807, 2.05) is 48.3 Å². The van der Waals surface area contributed by atoms with Crippen LogP contribution in [0.1, 0.15) is 41.0 Å². The standard InChI is InChI=1S/C34H31FN6O2/c1-21-28(14-26(15-29(21)35)40-33(42)31-13-25(10-11-37-31)34(2,3)20-36)23-12-24-18-39-32(16-30(24)38-17-23)41(4)19-22-6-8-27(43-5)9-7-22/h6-18H,19H2,1-5H3,(H,40,42). The summed E-state index contributed by atoms with van der Waals surface area (Å²) < 4.78 is 20.3. The second kappa shape index (κ2) is 11.9. The molecule has 0 radical (unpaired) electrons. The predicted molar refractivity (Wildman–Crippen MR) is 166 cm³/mol. The maximum Gasteiger partial charge on any atom is 0.274 e. The third-order valence-electron chi connectivity index (χ3n) is 7.43. The van der Waals surface area contributed by atoms with E-state index in [1.54, 1.807) is 58.5 Å². The quantitative estimate of drug-likeness (QED) is 0.216. The molecule has 0 aliphatic rings. The Hall–Kier alpha value is -5.36. The highest BCUT2D eigenvalue weighted by Crippen LogP contribution is 2.31. The number of rotatable bonds is 8. The van der Waals surface area contributed by atoms with Crippen LogP contribution in [0.5, 0.6) is 5.75 Å². The van der Waals surface area contributed by atoms with Crippen LogP contribution in [-0.4, -0.2) is 35.0 Å². The van der Waals surface area contributed by atoms with E-state index < -0.39 is 17.1 Å². The summed E-state index contributed by atoms with van der Waals surface area (Å²) in [5.41, 5.74) is 3.88. The maximum atomic E-state index is 15.1. The van der Waals surface area contributed by atoms with Crippen molar-refractivity contribution < 1.29 is 13.9 Å². The molecule has 216 valence electrons. The van der Waals surface area contributed by atoms with Crippen LogP contribution in [0, 0.1) is 24.1 Å². The van der Waals surface area contributed by atoms with Crippen LogP contribution in [0.4, 0.5) is 15.9 Å². The van der Waals surface area contributed by atoms with Gasteiger partial charge in [0.2, 0.25) is 0 Å². The molecule has 3 aromatic heterocycles. The van der Waals surface area contributed by atoms with Crippen molar-refractivity contribution in [1.82, 2.24) is 15.0 Å². The second-order valence-corrected chi connectivity index (χ2v) is 10.9. The molecule has 0 atom stereocenters. The van der Waals surface area contributed by atoms with E-state index in [4.69, 9.17) is 4.74 Å². The topological polar surface area (TPSA) is 104 Å². The fraction of sp³-hybridized carbons (Fsp3) is 0.206. The molecule has 1 amide bonds. The van der Waals surface area contributed by atoms with Crippen LogP contribution < -0.4 is 15.0 Å². The molecule has 43 heavy (non-hydrogen) atoms. The summed E-state index contributed by atoms with van der Waals surface area (Å²) >= 11 is 0. The average Bonchev–Trinajstić information content (AvgIpc) is 3.02. The number of ether oxygens (including phenoxy) is 1. The zero-order chi connectivity index (χ0) is 30.7. The summed E-state index contributed by atoms with van der Waals surface area (Å²) in [5.74, 6) is 0.610. The lowest BCUT2D eigenvalue weighted by Gasteiger charge is -2.19. The van der Waals surface area contributed by atoms with Gasteiger partial charge in [-0.2, -0.15) is 5.26 Å². The van der Waals surface area contributed by atoms with Crippen molar-refractivity contribution in [2.75, 3.05) is 24.4 Å². The Morgan fingerprint density at radius 2 is 1.81 bits per heavy atom. The van der Waals surface area contributed by atoms with Crippen molar-refractivity contribution in [2.45, 2.75) is 32.7 Å². The van der Waals surface area contributed by atoms with E-state index in [2.05, 4.69) is 26.3 Å². The van der Waals surface area contributed by atoms with Crippen molar-refractivity contribution in [2.24, 2.45) is 0 Å². The van der Waals surface area contributed by atoms with Gasteiger partial charge in [0.1, 0.15) is 23.1 Å². The number of fused-ring (bicyclic) bond motifs is 1. The van der Waals surface area contributed by atoms with Gasteiger partial charge in [-0.3, -0.25) is 14.8 Å². The van der Waals surface area contributed by atoms with Gasteiger partial charge < -0.3 is 15.0 Å². The molecule has 0 saturated carbocycles. The molecule has 0 saturated heterocycles. The van der Waals surface area contributed by atoms with E-state index in [0.29, 0.717) is 28.8 Å². The van der Waals surface area contributed by atoms with Gasteiger partial charge >= 0.3 is 0 Å². The van der Waals surface area contributed by atoms with Gasteiger partial charge in [0, 0.05) is 54.9 Å². The second-order valence-electron chi connectivity index (χ2n) is 10.9. The molecule has 0 unspecified atom stereocenters. The fourth-order valence-corrected chi connectivity index (χ4v) is 4.71. The van der Waals surface area contributed by atoms with Gasteiger partial charge in [0.25, 0.3) is 5.91 Å². The van der Waals surface area contributed by atoms with Crippen LogP contribution in [0.25, 0.3) is 22.0 Å². The third-order valence-corrected chi connectivity index (χ3v) is 7.43. The normalized spacial score (nSPS) is 11.2. The lowest BCUT2D eigenvalue weighted by atomic mass is 9.86. The minimum atomic E-state index is -0.786. The molecule has 5 aromatic rings. The first kappa shape index (κ1) is 29.1. The molecule has 1 N–H and O–H groups in total. The number of hydrogen-bond acceptors (Lipinski definition) is 7. The van der Waals surface area contributed by atoms with Crippen LogP contribution in [0.2, 0.25) is 0 Å². The number of aromatic nitrogens is 3. The van der Waals surface area contributed by atoms with Crippen molar-refractivity contribution in [3.63, 3.8) is 0 Å². The van der Waals surface area contributed by atoms with E-state index in [1.165, 1.54) is 12.3 Å². The summed E-state index contributed by atoms with van der Waals surface area (Å²) in [5, 5.41) is 13.0. The summed E-state index contributed by atoms with van der Waals surface area (Å²) in [6.07, 6.45) is 4.93. The Morgan fingerprint density at radius 3 is 2.53 bits per heavy atom. The first-order valence-electron chi connectivity index (χ1n) is 13.7. The number of halogens is 1. The van der Waals surface area contributed by atoms with E-state index >= 15 is 4.39 Å². The molecular weight excluding hydrogens is 543 g/mol. The Bertz CT molecular complexity index is 1860. The molecule has 9 heteroatoms. The highest BCUT2D eigenvalue weighted by atomic mass is 19.1. The first-order chi connectivity index (χ1) is 20.6. The summed E-state index contributed by atoms with van der Waals surface area (Å²) in [7, 11) is 3.61. The molecule has 8 nitrogen and oxygen atoms in total. The molecule has 2 aromatic carbocycles. The molecule has 0 fully saturated rings. The minimum Gasteiger partial charge on any atom is -0.497 e. The van der Waals surface area contributed by atoms with Gasteiger partial charge in [-0.15, -0.1) is 0 Å². The number of carbonyl (C=O) groups is 1. The van der Waals surface area contributed by atoms with E-state index in [0.717, 1.165) is 28.0 Å². The minimum absolute atomic E-state index is 0.134. The lowest BCUT2D eigenvalue weighted by molar-refractivity contribution is 0.102. The highest BCUT2D eigenvalue weighted by molar-refractivity contribution is 6.03. The van der Waals surface area contributed by atoms with E-state index in [-0.39, 0.29) is 11.4 Å². The van der Waals surface area contributed by atoms with Crippen molar-refractivity contribution in [1.29, 1.82) is 5.26 Å². The maximum absolute atomic E-state index is 15.1. The van der Waals surface area contributed by atoms with Gasteiger partial charge in [0.05, 0.1) is 24.1 Å². The van der Waals surface area contributed by atoms with Gasteiger partial charge in [-0.1, -0.05) is 12.1 Å². The van der Waals surface area contributed by atoms with Crippen molar-refractivity contribution >= 4 is 28.3 Å². The van der Waals surface area contributed by atoms with Crippen LogP contribution >= 0.6 is 0 Å². The SMILES string of the molecule is COc1ccc(CN(C)c2cc3ncc(-c4cc(NC(=O)c5cc(C(C)(C)C#N)ccn5)cc(F)c4C)cc3cn2)cc1. The zero-order valence-corrected chi connectivity index (χ0v) is 24.6. The number of nitrogens with zero attached hydrogens (tertiary/aromatic N) is 5. The fourth-order valence-electron chi connectivity index (χ4n) is 4.71. The molecular formula is C34H31FN6O2. The van der Waals surface area contributed by atoms with Crippen LogP contribution in [0.15, 0.2) is 79.3 Å². The third kappa shape index (κ3) is 6.28. The van der Waals surface area contributed by atoms with Crippen LogP contribution in [-0.2, 0) is 12.0 Å². The zero-order valence-electron chi connectivity index (χ0n) is 24.6. The number of pyridine rings is 3. The number of amides is 1. The monoisotopic (exact) mass is 574 g/mol. The number of methoxy groups -OCH3 is 1.